The Morgan fingerprint density at radius 2 is 1.84 bits per heavy atom. The average molecular weight is 338 g/mol. The molecule has 2 aromatic rings. The average Bonchev–Trinajstić information content (AvgIpc) is 3.09. The first kappa shape index (κ1) is 15.5. The van der Waals surface area contributed by atoms with Crippen LogP contribution < -0.4 is 14.8 Å². The van der Waals surface area contributed by atoms with E-state index < -0.39 is 0 Å². The second-order valence-electron chi connectivity index (χ2n) is 6.13. The third kappa shape index (κ3) is 3.28. The molecular weight excluding hydrogens is 320 g/mol. The number of hydrogen-bond donors (Lipinski definition) is 1. The highest BCUT2D eigenvalue weighted by molar-refractivity contribution is 6.03. The van der Waals surface area contributed by atoms with Crippen molar-refractivity contribution in [3.8, 4) is 11.5 Å². The fourth-order valence-electron chi connectivity index (χ4n) is 3.14. The Labute approximate surface area is 145 Å². The van der Waals surface area contributed by atoms with Crippen molar-refractivity contribution in [1.29, 1.82) is 0 Å². The number of amides is 2. The highest BCUT2D eigenvalue weighted by Gasteiger charge is 2.22. The molecule has 0 saturated carbocycles. The van der Waals surface area contributed by atoms with Crippen molar-refractivity contribution < 1.29 is 19.1 Å². The van der Waals surface area contributed by atoms with Gasteiger partial charge in [-0.1, -0.05) is 24.3 Å². The third-order valence-corrected chi connectivity index (χ3v) is 4.45. The molecule has 0 aromatic heterocycles. The van der Waals surface area contributed by atoms with Crippen molar-refractivity contribution in [2.75, 3.05) is 18.7 Å². The van der Waals surface area contributed by atoms with Gasteiger partial charge in [-0.3, -0.25) is 9.59 Å². The SMILES string of the molecule is O=C(CC(=O)N1CCc2ccccc2C1)Nc1ccc2c(c1)OCO2. The Morgan fingerprint density at radius 3 is 2.72 bits per heavy atom. The van der Waals surface area contributed by atoms with Crippen LogP contribution in [0.1, 0.15) is 17.5 Å². The highest BCUT2D eigenvalue weighted by atomic mass is 16.7. The first-order valence-corrected chi connectivity index (χ1v) is 8.23. The van der Waals surface area contributed by atoms with Crippen LogP contribution in [0.15, 0.2) is 42.5 Å². The number of carbonyl (C=O) groups is 2. The van der Waals surface area contributed by atoms with E-state index in [9.17, 15) is 9.59 Å². The summed E-state index contributed by atoms with van der Waals surface area (Å²) in [7, 11) is 0. The van der Waals surface area contributed by atoms with Gasteiger partial charge in [-0.15, -0.1) is 0 Å². The molecule has 2 aromatic carbocycles. The highest BCUT2D eigenvalue weighted by Crippen LogP contribution is 2.34. The summed E-state index contributed by atoms with van der Waals surface area (Å²) in [4.78, 5) is 26.3. The summed E-state index contributed by atoms with van der Waals surface area (Å²) in [5, 5.41) is 2.74. The van der Waals surface area contributed by atoms with E-state index in [2.05, 4.69) is 11.4 Å². The molecule has 0 fully saturated rings. The van der Waals surface area contributed by atoms with Gasteiger partial charge in [-0.05, 0) is 29.7 Å². The van der Waals surface area contributed by atoms with Crippen molar-refractivity contribution in [2.24, 2.45) is 0 Å². The van der Waals surface area contributed by atoms with Gasteiger partial charge in [0, 0.05) is 24.8 Å². The molecular formula is C19H18N2O4. The lowest BCUT2D eigenvalue weighted by molar-refractivity contribution is -0.135. The molecule has 2 aliphatic rings. The number of hydrogen-bond acceptors (Lipinski definition) is 4. The van der Waals surface area contributed by atoms with Crippen LogP contribution in [0.5, 0.6) is 11.5 Å². The van der Waals surface area contributed by atoms with E-state index >= 15 is 0 Å². The number of nitrogens with zero attached hydrogens (tertiary/aromatic N) is 1. The van der Waals surface area contributed by atoms with Crippen LogP contribution in [0.3, 0.4) is 0 Å². The lowest BCUT2D eigenvalue weighted by Gasteiger charge is -2.28. The van der Waals surface area contributed by atoms with Crippen LogP contribution in [0.2, 0.25) is 0 Å². The fraction of sp³-hybridized carbons (Fsp3) is 0.263. The maximum atomic E-state index is 12.4. The maximum Gasteiger partial charge on any atom is 0.233 e. The Balaban J connectivity index is 1.36. The first-order chi connectivity index (χ1) is 12.2. The standard InChI is InChI=1S/C19H18N2O4/c22-18(20-15-5-6-16-17(9-15)25-12-24-16)10-19(23)21-8-7-13-3-1-2-4-14(13)11-21/h1-6,9H,7-8,10-12H2,(H,20,22). The zero-order valence-corrected chi connectivity index (χ0v) is 13.7. The Bertz CT molecular complexity index is 834. The Morgan fingerprint density at radius 1 is 1.04 bits per heavy atom. The Hall–Kier alpha value is -3.02. The third-order valence-electron chi connectivity index (χ3n) is 4.45. The molecule has 1 N–H and O–H groups in total. The topological polar surface area (TPSA) is 67.9 Å². The van der Waals surface area contributed by atoms with E-state index in [4.69, 9.17) is 9.47 Å². The van der Waals surface area contributed by atoms with Gasteiger partial charge in [0.1, 0.15) is 6.42 Å². The minimum absolute atomic E-state index is 0.159. The summed E-state index contributed by atoms with van der Waals surface area (Å²) < 4.78 is 10.5. The summed E-state index contributed by atoms with van der Waals surface area (Å²) in [6.07, 6.45) is 0.655. The molecule has 6 nitrogen and oxygen atoms in total. The minimum atomic E-state index is -0.331. The van der Waals surface area contributed by atoms with Crippen LogP contribution in [0, 0.1) is 0 Å². The van der Waals surface area contributed by atoms with Crippen molar-refractivity contribution in [2.45, 2.75) is 19.4 Å². The molecule has 2 amide bonds. The van der Waals surface area contributed by atoms with Crippen molar-refractivity contribution in [3.05, 3.63) is 53.6 Å². The maximum absolute atomic E-state index is 12.4. The molecule has 4 rings (SSSR count). The van der Waals surface area contributed by atoms with Gasteiger partial charge in [0.15, 0.2) is 11.5 Å². The van der Waals surface area contributed by atoms with Crippen LogP contribution in [0.25, 0.3) is 0 Å². The normalized spacial score (nSPS) is 14.8. The largest absolute Gasteiger partial charge is 0.454 e. The number of anilines is 1. The van der Waals surface area contributed by atoms with Gasteiger partial charge in [0.05, 0.1) is 0 Å². The summed E-state index contributed by atoms with van der Waals surface area (Å²) in [5.41, 5.74) is 3.01. The molecule has 2 heterocycles. The molecule has 2 aliphatic heterocycles. The second-order valence-corrected chi connectivity index (χ2v) is 6.13. The summed E-state index contributed by atoms with van der Waals surface area (Å²) in [6.45, 7) is 1.39. The van der Waals surface area contributed by atoms with Crippen molar-refractivity contribution in [1.82, 2.24) is 4.90 Å². The van der Waals surface area contributed by atoms with E-state index in [0.717, 1.165) is 12.0 Å². The van der Waals surface area contributed by atoms with Crippen LogP contribution >= 0.6 is 0 Å². The molecule has 0 atom stereocenters. The first-order valence-electron chi connectivity index (χ1n) is 8.23. The van der Waals surface area contributed by atoms with E-state index in [1.165, 1.54) is 5.56 Å². The zero-order chi connectivity index (χ0) is 17.2. The van der Waals surface area contributed by atoms with Gasteiger partial charge < -0.3 is 19.7 Å². The van der Waals surface area contributed by atoms with E-state index in [1.54, 1.807) is 23.1 Å². The number of benzene rings is 2. The monoisotopic (exact) mass is 338 g/mol. The molecule has 0 spiro atoms. The molecule has 0 radical (unpaired) electrons. The molecule has 0 aliphatic carbocycles. The second kappa shape index (κ2) is 6.47. The number of ether oxygens (including phenoxy) is 2. The van der Waals surface area contributed by atoms with Gasteiger partial charge in [-0.25, -0.2) is 0 Å². The fourth-order valence-corrected chi connectivity index (χ4v) is 3.14. The van der Waals surface area contributed by atoms with E-state index in [-0.39, 0.29) is 25.0 Å². The molecule has 0 saturated heterocycles. The lowest BCUT2D eigenvalue weighted by atomic mass is 10.00. The van der Waals surface area contributed by atoms with E-state index in [1.807, 2.05) is 18.2 Å². The predicted octanol–water partition coefficient (Wildman–Crippen LogP) is 2.33. The van der Waals surface area contributed by atoms with Crippen molar-refractivity contribution in [3.63, 3.8) is 0 Å². The van der Waals surface area contributed by atoms with Gasteiger partial charge in [-0.2, -0.15) is 0 Å². The number of fused-ring (bicyclic) bond motifs is 2. The smallest absolute Gasteiger partial charge is 0.233 e. The van der Waals surface area contributed by atoms with Gasteiger partial charge in [0.2, 0.25) is 18.6 Å². The van der Waals surface area contributed by atoms with Crippen LogP contribution in [-0.4, -0.2) is 30.1 Å². The van der Waals surface area contributed by atoms with Crippen LogP contribution in [0.4, 0.5) is 5.69 Å². The summed E-state index contributed by atoms with van der Waals surface area (Å²) in [6, 6.07) is 13.3. The lowest BCUT2D eigenvalue weighted by Crippen LogP contribution is -2.37. The van der Waals surface area contributed by atoms with Crippen LogP contribution in [-0.2, 0) is 22.6 Å². The minimum Gasteiger partial charge on any atom is -0.454 e. The molecule has 0 unspecified atom stereocenters. The Kier molecular flexibility index (Phi) is 4.01. The van der Waals surface area contributed by atoms with Crippen molar-refractivity contribution >= 4 is 17.5 Å². The molecule has 0 bridgehead atoms. The van der Waals surface area contributed by atoms with E-state index in [0.29, 0.717) is 30.3 Å². The number of nitrogens with one attached hydrogen (secondary N) is 1. The van der Waals surface area contributed by atoms with Gasteiger partial charge >= 0.3 is 0 Å². The van der Waals surface area contributed by atoms with Gasteiger partial charge in [0.25, 0.3) is 0 Å². The molecule has 128 valence electrons. The number of rotatable bonds is 3. The molecule has 25 heavy (non-hydrogen) atoms. The predicted molar refractivity (Wildman–Crippen MR) is 91.4 cm³/mol. The summed E-state index contributed by atoms with van der Waals surface area (Å²) in [5.74, 6) is 0.758. The number of carbonyl (C=O) groups excluding carboxylic acids is 2. The molecule has 6 heteroatoms. The summed E-state index contributed by atoms with van der Waals surface area (Å²) >= 11 is 0. The quantitative estimate of drug-likeness (QED) is 0.872. The zero-order valence-electron chi connectivity index (χ0n) is 13.7.